The van der Waals surface area contributed by atoms with E-state index in [1.807, 2.05) is 25.4 Å². The van der Waals surface area contributed by atoms with Gasteiger partial charge in [-0.15, -0.1) is 0 Å². The summed E-state index contributed by atoms with van der Waals surface area (Å²) in [4.78, 5) is 13.1. The molecule has 0 aliphatic rings. The molecule has 86 valence electrons. The minimum absolute atomic E-state index is 0.890. The lowest BCUT2D eigenvalue weighted by Crippen LogP contribution is -1.95. The molecule has 2 heterocycles. The van der Waals surface area contributed by atoms with E-state index in [2.05, 4.69) is 32.4 Å². The molecule has 0 bridgehead atoms. The molecule has 0 aliphatic carbocycles. The Bertz CT molecular complexity index is 854. The first kappa shape index (κ1) is 9.53. The van der Waals surface area contributed by atoms with Gasteiger partial charge in [-0.25, -0.2) is 15.0 Å². The van der Waals surface area contributed by atoms with E-state index >= 15 is 0 Å². The van der Waals surface area contributed by atoms with E-state index in [0.717, 1.165) is 33.0 Å². The predicted octanol–water partition coefficient (Wildman–Crippen LogP) is 2.81. The molecule has 0 amide bonds. The van der Waals surface area contributed by atoms with Gasteiger partial charge in [-0.3, -0.25) is 0 Å². The summed E-state index contributed by atoms with van der Waals surface area (Å²) in [6.07, 6.45) is 3.50. The third kappa shape index (κ3) is 1.07. The first-order valence-electron chi connectivity index (χ1n) is 5.81. The van der Waals surface area contributed by atoms with Crippen LogP contribution in [0, 0.1) is 0 Å². The highest BCUT2D eigenvalue weighted by Crippen LogP contribution is 2.34. The molecule has 2 aromatic carbocycles. The minimum atomic E-state index is 0.890. The summed E-state index contributed by atoms with van der Waals surface area (Å²) < 4.78 is 0. The van der Waals surface area contributed by atoms with Crippen LogP contribution in [0.3, 0.4) is 0 Å². The van der Waals surface area contributed by atoms with E-state index in [1.165, 1.54) is 5.39 Å². The average molecular weight is 234 g/mol. The Kier molecular flexibility index (Phi) is 1.73. The third-order valence-corrected chi connectivity index (χ3v) is 3.37. The molecule has 0 saturated carbocycles. The van der Waals surface area contributed by atoms with Crippen molar-refractivity contribution >= 4 is 38.4 Å². The quantitative estimate of drug-likeness (QED) is 0.514. The number of benzene rings is 2. The normalized spacial score (nSPS) is 11.6. The zero-order chi connectivity index (χ0) is 12.1. The number of nitrogens with zero attached hydrogens (tertiary/aromatic N) is 3. The van der Waals surface area contributed by atoms with Crippen molar-refractivity contribution in [3.8, 4) is 0 Å². The SMILES string of the molecule is CNc1ncc2ccc3ncnc4ccc1c2c34. The zero-order valence-electron chi connectivity index (χ0n) is 9.81. The monoisotopic (exact) mass is 234 g/mol. The van der Waals surface area contributed by atoms with Gasteiger partial charge < -0.3 is 5.32 Å². The maximum absolute atomic E-state index is 4.43. The summed E-state index contributed by atoms with van der Waals surface area (Å²) in [7, 11) is 1.88. The van der Waals surface area contributed by atoms with Gasteiger partial charge >= 0.3 is 0 Å². The second-order valence-electron chi connectivity index (χ2n) is 4.29. The van der Waals surface area contributed by atoms with Crippen LogP contribution in [0.15, 0.2) is 36.8 Å². The number of anilines is 1. The maximum Gasteiger partial charge on any atom is 0.133 e. The average Bonchev–Trinajstić information content (AvgIpc) is 2.44. The van der Waals surface area contributed by atoms with Crippen molar-refractivity contribution in [2.45, 2.75) is 0 Å². The highest BCUT2D eigenvalue weighted by molar-refractivity contribution is 6.22. The van der Waals surface area contributed by atoms with Crippen LogP contribution in [0.2, 0.25) is 0 Å². The highest BCUT2D eigenvalue weighted by Gasteiger charge is 2.11. The number of nitrogens with one attached hydrogen (secondary N) is 1. The zero-order valence-corrected chi connectivity index (χ0v) is 9.81. The number of rotatable bonds is 1. The van der Waals surface area contributed by atoms with Gasteiger partial charge in [0, 0.05) is 34.8 Å². The Balaban J connectivity index is 2.40. The van der Waals surface area contributed by atoms with Crippen molar-refractivity contribution < 1.29 is 0 Å². The molecule has 0 saturated heterocycles. The van der Waals surface area contributed by atoms with Gasteiger partial charge in [-0.2, -0.15) is 0 Å². The minimum Gasteiger partial charge on any atom is -0.373 e. The van der Waals surface area contributed by atoms with Crippen molar-refractivity contribution in [2.24, 2.45) is 0 Å². The fourth-order valence-electron chi connectivity index (χ4n) is 2.56. The van der Waals surface area contributed by atoms with E-state index < -0.39 is 0 Å². The van der Waals surface area contributed by atoms with Crippen molar-refractivity contribution in [1.29, 1.82) is 0 Å². The summed E-state index contributed by atoms with van der Waals surface area (Å²) in [6.45, 7) is 0. The molecule has 2 aromatic heterocycles. The van der Waals surface area contributed by atoms with Crippen LogP contribution in [0.4, 0.5) is 5.82 Å². The fraction of sp³-hybridized carbons (Fsp3) is 0.0714. The largest absolute Gasteiger partial charge is 0.373 e. The summed E-state index contributed by atoms with van der Waals surface area (Å²) in [5, 5.41) is 7.67. The number of pyridine rings is 1. The molecule has 1 N–H and O–H groups in total. The molecule has 4 nitrogen and oxygen atoms in total. The van der Waals surface area contributed by atoms with Crippen LogP contribution in [-0.4, -0.2) is 22.0 Å². The highest BCUT2D eigenvalue weighted by atomic mass is 15.0. The van der Waals surface area contributed by atoms with Crippen LogP contribution in [-0.2, 0) is 0 Å². The molecule has 4 rings (SSSR count). The first-order chi connectivity index (χ1) is 8.88. The Morgan fingerprint density at radius 1 is 0.889 bits per heavy atom. The molecule has 0 spiro atoms. The molecule has 4 aromatic rings. The molecule has 4 heteroatoms. The predicted molar refractivity (Wildman–Crippen MR) is 73.1 cm³/mol. The number of aromatic nitrogens is 3. The lowest BCUT2D eigenvalue weighted by molar-refractivity contribution is 1.26. The van der Waals surface area contributed by atoms with Gasteiger partial charge in [-0.05, 0) is 18.2 Å². The van der Waals surface area contributed by atoms with Gasteiger partial charge in [0.05, 0.1) is 11.0 Å². The summed E-state index contributed by atoms with van der Waals surface area (Å²) >= 11 is 0. The summed E-state index contributed by atoms with van der Waals surface area (Å²) in [5.74, 6) is 0.890. The van der Waals surface area contributed by atoms with Crippen molar-refractivity contribution in [3.05, 3.63) is 36.8 Å². The van der Waals surface area contributed by atoms with Crippen molar-refractivity contribution in [1.82, 2.24) is 15.0 Å². The standard InChI is InChI=1S/C14H10N4/c1-15-14-9-3-5-11-13-10(17-7-18-11)4-2-8(6-16-14)12(9)13/h2-7H,1H3,(H,15,16). The van der Waals surface area contributed by atoms with Gasteiger partial charge in [0.25, 0.3) is 0 Å². The maximum atomic E-state index is 4.43. The topological polar surface area (TPSA) is 50.7 Å². The number of hydrogen-bond donors (Lipinski definition) is 1. The van der Waals surface area contributed by atoms with E-state index in [1.54, 1.807) is 6.33 Å². The van der Waals surface area contributed by atoms with Crippen LogP contribution < -0.4 is 5.32 Å². The Labute approximate surface area is 103 Å². The molecule has 18 heavy (non-hydrogen) atoms. The van der Waals surface area contributed by atoms with E-state index in [9.17, 15) is 0 Å². The second-order valence-corrected chi connectivity index (χ2v) is 4.29. The fourth-order valence-corrected chi connectivity index (χ4v) is 2.56. The lowest BCUT2D eigenvalue weighted by atomic mass is 10.0. The Morgan fingerprint density at radius 3 is 2.44 bits per heavy atom. The van der Waals surface area contributed by atoms with Crippen LogP contribution in [0.1, 0.15) is 0 Å². The van der Waals surface area contributed by atoms with Crippen molar-refractivity contribution in [3.63, 3.8) is 0 Å². The molecule has 0 fully saturated rings. The third-order valence-electron chi connectivity index (χ3n) is 3.37. The summed E-state index contributed by atoms with van der Waals surface area (Å²) in [5.41, 5.74) is 1.96. The van der Waals surface area contributed by atoms with Gasteiger partial charge in [-0.1, -0.05) is 6.07 Å². The van der Waals surface area contributed by atoms with E-state index in [4.69, 9.17) is 0 Å². The number of hydrogen-bond acceptors (Lipinski definition) is 4. The van der Waals surface area contributed by atoms with Gasteiger partial charge in [0.2, 0.25) is 0 Å². The summed E-state index contributed by atoms with van der Waals surface area (Å²) in [6, 6.07) is 8.17. The van der Waals surface area contributed by atoms with Crippen LogP contribution in [0.5, 0.6) is 0 Å². The van der Waals surface area contributed by atoms with E-state index in [-0.39, 0.29) is 0 Å². The molecule has 0 unspecified atom stereocenters. The molecule has 0 radical (unpaired) electrons. The van der Waals surface area contributed by atoms with Gasteiger partial charge in [0.15, 0.2) is 0 Å². The lowest BCUT2D eigenvalue weighted by Gasteiger charge is -2.11. The molecule has 0 atom stereocenters. The molecular formula is C14H10N4. The second kappa shape index (κ2) is 3.26. The smallest absolute Gasteiger partial charge is 0.133 e. The van der Waals surface area contributed by atoms with Gasteiger partial charge in [0.1, 0.15) is 12.1 Å². The van der Waals surface area contributed by atoms with E-state index in [0.29, 0.717) is 0 Å². The Hall–Kier alpha value is -2.49. The molecular weight excluding hydrogens is 224 g/mol. The Morgan fingerprint density at radius 2 is 1.67 bits per heavy atom. The van der Waals surface area contributed by atoms with Crippen LogP contribution in [0.25, 0.3) is 32.6 Å². The molecule has 0 aliphatic heterocycles. The van der Waals surface area contributed by atoms with Crippen molar-refractivity contribution in [2.75, 3.05) is 12.4 Å². The van der Waals surface area contributed by atoms with Crippen LogP contribution >= 0.6 is 0 Å². The first-order valence-corrected chi connectivity index (χ1v) is 5.81.